The summed E-state index contributed by atoms with van der Waals surface area (Å²) >= 11 is 0. The van der Waals surface area contributed by atoms with Crippen molar-refractivity contribution in [2.24, 2.45) is 0 Å². The predicted octanol–water partition coefficient (Wildman–Crippen LogP) is 6.19. The Morgan fingerprint density at radius 1 is 0.625 bits per heavy atom. The Morgan fingerprint density at radius 2 is 1.25 bits per heavy atom. The van der Waals surface area contributed by atoms with Gasteiger partial charge in [0, 0.05) is 17.8 Å². The number of rotatable bonds is 3. The first kappa shape index (κ1) is 15.1. The van der Waals surface area contributed by atoms with Crippen molar-refractivity contribution >= 4 is 0 Å². The van der Waals surface area contributed by atoms with E-state index in [1.54, 1.807) is 0 Å². The molecule has 0 saturated heterocycles. The summed E-state index contributed by atoms with van der Waals surface area (Å²) in [5, 5.41) is 0. The standard InChI is InChI=1S/C23H23N/c1-3-7-18(8-4-1)20-11-13-21(14-12-20)23-17-22(15-16-24-23)19-9-5-2-6-10-19/h1-10,15-17,20-21H,11-14H2. The SMILES string of the molecule is c1ccc(-c2ccnc(C3CCC(c4ccccc4)CC3)c2)cc1. The van der Waals surface area contributed by atoms with Crippen LogP contribution in [-0.2, 0) is 0 Å². The number of hydrogen-bond donors (Lipinski definition) is 0. The zero-order valence-electron chi connectivity index (χ0n) is 13.9. The number of pyridine rings is 1. The highest BCUT2D eigenvalue weighted by molar-refractivity contribution is 5.63. The van der Waals surface area contributed by atoms with Crippen LogP contribution in [0.5, 0.6) is 0 Å². The molecule has 0 aliphatic heterocycles. The molecule has 0 bridgehead atoms. The van der Waals surface area contributed by atoms with Crippen LogP contribution < -0.4 is 0 Å². The van der Waals surface area contributed by atoms with E-state index in [0.717, 1.165) is 5.92 Å². The minimum absolute atomic E-state index is 0.605. The first-order valence-corrected chi connectivity index (χ1v) is 8.96. The van der Waals surface area contributed by atoms with Crippen molar-refractivity contribution in [2.45, 2.75) is 37.5 Å². The van der Waals surface area contributed by atoms with Gasteiger partial charge < -0.3 is 0 Å². The van der Waals surface area contributed by atoms with E-state index in [4.69, 9.17) is 0 Å². The molecule has 1 aliphatic rings. The van der Waals surface area contributed by atoms with E-state index in [1.807, 2.05) is 6.20 Å². The second kappa shape index (κ2) is 7.00. The van der Waals surface area contributed by atoms with Crippen LogP contribution in [-0.4, -0.2) is 4.98 Å². The van der Waals surface area contributed by atoms with Crippen LogP contribution in [0.25, 0.3) is 11.1 Å². The monoisotopic (exact) mass is 313 g/mol. The van der Waals surface area contributed by atoms with Gasteiger partial charge in [0.15, 0.2) is 0 Å². The minimum Gasteiger partial charge on any atom is -0.261 e. The van der Waals surface area contributed by atoms with Gasteiger partial charge in [-0.25, -0.2) is 0 Å². The fourth-order valence-electron chi connectivity index (χ4n) is 3.93. The second-order valence-electron chi connectivity index (χ2n) is 6.79. The summed E-state index contributed by atoms with van der Waals surface area (Å²) in [5.41, 5.74) is 5.33. The molecular formula is C23H23N. The maximum atomic E-state index is 4.69. The maximum absolute atomic E-state index is 4.69. The second-order valence-corrected chi connectivity index (χ2v) is 6.79. The van der Waals surface area contributed by atoms with Crippen molar-refractivity contribution in [3.63, 3.8) is 0 Å². The average molecular weight is 313 g/mol. The van der Waals surface area contributed by atoms with Gasteiger partial charge in [0.05, 0.1) is 0 Å². The highest BCUT2D eigenvalue weighted by Crippen LogP contribution is 2.40. The Kier molecular flexibility index (Phi) is 4.42. The Morgan fingerprint density at radius 3 is 1.96 bits per heavy atom. The van der Waals surface area contributed by atoms with Gasteiger partial charge in [-0.2, -0.15) is 0 Å². The molecule has 120 valence electrons. The molecule has 0 spiro atoms. The lowest BCUT2D eigenvalue weighted by atomic mass is 9.77. The third-order valence-electron chi connectivity index (χ3n) is 5.30. The summed E-state index contributed by atoms with van der Waals surface area (Å²) in [4.78, 5) is 4.69. The molecule has 1 heterocycles. The molecule has 0 unspecified atom stereocenters. The van der Waals surface area contributed by atoms with Crippen LogP contribution in [0.4, 0.5) is 0 Å². The number of nitrogens with zero attached hydrogens (tertiary/aromatic N) is 1. The molecule has 1 aromatic heterocycles. The van der Waals surface area contributed by atoms with E-state index in [1.165, 1.54) is 48.1 Å². The third kappa shape index (κ3) is 3.26. The van der Waals surface area contributed by atoms with Crippen molar-refractivity contribution in [1.82, 2.24) is 4.98 Å². The summed E-state index contributed by atoms with van der Waals surface area (Å²) < 4.78 is 0. The quantitative estimate of drug-likeness (QED) is 0.562. The molecule has 0 N–H and O–H groups in total. The Bertz CT molecular complexity index is 771. The van der Waals surface area contributed by atoms with Gasteiger partial charge in [-0.05, 0) is 60.4 Å². The van der Waals surface area contributed by atoms with E-state index in [9.17, 15) is 0 Å². The lowest BCUT2D eigenvalue weighted by Gasteiger charge is -2.28. The molecular weight excluding hydrogens is 290 g/mol. The third-order valence-corrected chi connectivity index (χ3v) is 5.30. The summed E-state index contributed by atoms with van der Waals surface area (Å²) in [5.74, 6) is 1.33. The van der Waals surface area contributed by atoms with Gasteiger partial charge in [-0.1, -0.05) is 60.7 Å². The molecule has 1 nitrogen and oxygen atoms in total. The molecule has 1 saturated carbocycles. The van der Waals surface area contributed by atoms with Crippen LogP contribution in [0.1, 0.15) is 48.8 Å². The normalized spacial score (nSPS) is 20.7. The fourth-order valence-corrected chi connectivity index (χ4v) is 3.93. The summed E-state index contributed by atoms with van der Waals surface area (Å²) in [6.45, 7) is 0. The van der Waals surface area contributed by atoms with Crippen LogP contribution >= 0.6 is 0 Å². The number of hydrogen-bond acceptors (Lipinski definition) is 1. The van der Waals surface area contributed by atoms with Crippen LogP contribution in [0.2, 0.25) is 0 Å². The lowest BCUT2D eigenvalue weighted by Crippen LogP contribution is -2.13. The Labute approximate surface area is 144 Å². The predicted molar refractivity (Wildman–Crippen MR) is 100 cm³/mol. The first-order valence-electron chi connectivity index (χ1n) is 8.96. The molecule has 2 aromatic carbocycles. The molecule has 0 radical (unpaired) electrons. The van der Waals surface area contributed by atoms with Crippen molar-refractivity contribution in [3.05, 3.63) is 90.3 Å². The largest absolute Gasteiger partial charge is 0.261 e. The fraction of sp³-hybridized carbons (Fsp3) is 0.261. The van der Waals surface area contributed by atoms with Crippen LogP contribution in [0.15, 0.2) is 79.0 Å². The molecule has 4 rings (SSSR count). The topological polar surface area (TPSA) is 12.9 Å². The number of aromatic nitrogens is 1. The number of benzene rings is 2. The zero-order valence-corrected chi connectivity index (χ0v) is 13.9. The van der Waals surface area contributed by atoms with Gasteiger partial charge in [0.25, 0.3) is 0 Å². The summed E-state index contributed by atoms with van der Waals surface area (Å²) in [6.07, 6.45) is 6.99. The highest BCUT2D eigenvalue weighted by atomic mass is 14.7. The van der Waals surface area contributed by atoms with E-state index in [2.05, 4.69) is 77.8 Å². The molecule has 1 aliphatic carbocycles. The van der Waals surface area contributed by atoms with E-state index in [-0.39, 0.29) is 0 Å². The lowest BCUT2D eigenvalue weighted by molar-refractivity contribution is 0.391. The zero-order chi connectivity index (χ0) is 16.2. The Hall–Kier alpha value is -2.41. The van der Waals surface area contributed by atoms with E-state index in [0.29, 0.717) is 5.92 Å². The molecule has 0 atom stereocenters. The maximum Gasteiger partial charge on any atom is 0.0440 e. The van der Waals surface area contributed by atoms with Crippen LogP contribution in [0.3, 0.4) is 0 Å². The molecule has 0 amide bonds. The van der Waals surface area contributed by atoms with Gasteiger partial charge in [-0.3, -0.25) is 4.98 Å². The minimum atomic E-state index is 0.605. The van der Waals surface area contributed by atoms with Crippen molar-refractivity contribution in [2.75, 3.05) is 0 Å². The van der Waals surface area contributed by atoms with Gasteiger partial charge in [0.1, 0.15) is 0 Å². The summed E-state index contributed by atoms with van der Waals surface area (Å²) in [7, 11) is 0. The van der Waals surface area contributed by atoms with Crippen molar-refractivity contribution < 1.29 is 0 Å². The smallest absolute Gasteiger partial charge is 0.0440 e. The molecule has 1 heteroatoms. The first-order chi connectivity index (χ1) is 11.9. The van der Waals surface area contributed by atoms with Crippen molar-refractivity contribution in [1.29, 1.82) is 0 Å². The molecule has 1 fully saturated rings. The molecule has 3 aromatic rings. The molecule has 24 heavy (non-hydrogen) atoms. The van der Waals surface area contributed by atoms with E-state index >= 15 is 0 Å². The van der Waals surface area contributed by atoms with Gasteiger partial charge in [0.2, 0.25) is 0 Å². The Balaban J connectivity index is 1.48. The highest BCUT2D eigenvalue weighted by Gasteiger charge is 2.24. The van der Waals surface area contributed by atoms with Gasteiger partial charge >= 0.3 is 0 Å². The summed E-state index contributed by atoms with van der Waals surface area (Å²) in [6, 6.07) is 26.0. The average Bonchev–Trinajstić information content (AvgIpc) is 2.70. The van der Waals surface area contributed by atoms with Crippen LogP contribution in [0, 0.1) is 0 Å². The van der Waals surface area contributed by atoms with E-state index < -0.39 is 0 Å². The van der Waals surface area contributed by atoms with Gasteiger partial charge in [-0.15, -0.1) is 0 Å². The van der Waals surface area contributed by atoms with Crippen molar-refractivity contribution in [3.8, 4) is 11.1 Å².